The van der Waals surface area contributed by atoms with E-state index in [1.165, 1.54) is 12.1 Å². The predicted molar refractivity (Wildman–Crippen MR) is 139 cm³/mol. The lowest BCUT2D eigenvalue weighted by atomic mass is 10.0. The number of rotatable bonds is 17. The number of aliphatic carboxylic acids is 1. The summed E-state index contributed by atoms with van der Waals surface area (Å²) in [5.41, 5.74) is 17.3. The predicted octanol–water partition coefficient (Wildman–Crippen LogP) is -1.15. The van der Waals surface area contributed by atoms with Gasteiger partial charge >= 0.3 is 5.97 Å². The quantitative estimate of drug-likeness (QED) is 0.112. The fourth-order valence-electron chi connectivity index (χ4n) is 3.64. The minimum Gasteiger partial charge on any atom is -0.508 e. The highest BCUT2D eigenvalue weighted by atomic mass is 16.4. The molecule has 0 saturated heterocycles. The van der Waals surface area contributed by atoms with Crippen molar-refractivity contribution in [2.45, 2.75) is 76.5 Å². The maximum absolute atomic E-state index is 13.2. The zero-order valence-electron chi connectivity index (χ0n) is 21.8. The molecule has 0 spiro atoms. The van der Waals surface area contributed by atoms with E-state index >= 15 is 0 Å². The molecule has 1 aromatic rings. The second-order valence-corrected chi connectivity index (χ2v) is 9.58. The van der Waals surface area contributed by atoms with Crippen molar-refractivity contribution in [3.63, 3.8) is 0 Å². The van der Waals surface area contributed by atoms with Crippen LogP contribution in [-0.4, -0.2) is 70.5 Å². The summed E-state index contributed by atoms with van der Waals surface area (Å²) in [6, 6.07) is 1.10. The minimum atomic E-state index is -1.48. The topological polar surface area (TPSA) is 240 Å². The first-order chi connectivity index (χ1) is 17.8. The number of primary amides is 1. The third-order valence-corrected chi connectivity index (χ3v) is 5.68. The lowest BCUT2D eigenvalue weighted by Crippen LogP contribution is -2.58. The van der Waals surface area contributed by atoms with Crippen molar-refractivity contribution >= 4 is 29.6 Å². The molecule has 4 unspecified atom stereocenters. The summed E-state index contributed by atoms with van der Waals surface area (Å²) in [5.74, 6) is -4.52. The number of carboxylic acid groups (broad SMARTS) is 1. The van der Waals surface area contributed by atoms with Crippen LogP contribution < -0.4 is 33.2 Å². The molecule has 4 atom stereocenters. The Morgan fingerprint density at radius 3 is 1.95 bits per heavy atom. The van der Waals surface area contributed by atoms with Gasteiger partial charge in [0, 0.05) is 6.42 Å². The van der Waals surface area contributed by atoms with E-state index in [4.69, 9.17) is 17.2 Å². The zero-order chi connectivity index (χ0) is 28.8. The Morgan fingerprint density at radius 2 is 1.42 bits per heavy atom. The molecule has 0 bridgehead atoms. The molecule has 0 aromatic heterocycles. The number of carbonyl (C=O) groups is 5. The van der Waals surface area contributed by atoms with Crippen LogP contribution in [0.25, 0.3) is 0 Å². The van der Waals surface area contributed by atoms with Gasteiger partial charge in [-0.05, 0) is 49.4 Å². The van der Waals surface area contributed by atoms with Gasteiger partial charge < -0.3 is 43.4 Å². The molecule has 13 nitrogen and oxygen atoms in total. The van der Waals surface area contributed by atoms with Crippen LogP contribution in [-0.2, 0) is 30.4 Å². The van der Waals surface area contributed by atoms with Gasteiger partial charge in [-0.1, -0.05) is 32.4 Å². The van der Waals surface area contributed by atoms with Gasteiger partial charge in [0.1, 0.15) is 23.9 Å². The summed E-state index contributed by atoms with van der Waals surface area (Å²) in [6.07, 6.45) is 1.14. The van der Waals surface area contributed by atoms with Crippen LogP contribution in [0.4, 0.5) is 0 Å². The smallest absolute Gasteiger partial charge is 0.326 e. The molecular weight excluding hydrogens is 496 g/mol. The van der Waals surface area contributed by atoms with Gasteiger partial charge in [-0.15, -0.1) is 0 Å². The van der Waals surface area contributed by atoms with Gasteiger partial charge in [-0.3, -0.25) is 19.2 Å². The highest BCUT2D eigenvalue weighted by Crippen LogP contribution is 2.12. The lowest BCUT2D eigenvalue weighted by molar-refractivity contribution is -0.143. The van der Waals surface area contributed by atoms with Gasteiger partial charge in [-0.2, -0.15) is 0 Å². The van der Waals surface area contributed by atoms with Gasteiger partial charge in [0.05, 0.1) is 12.5 Å². The van der Waals surface area contributed by atoms with E-state index in [9.17, 15) is 34.2 Å². The molecule has 13 heteroatoms. The van der Waals surface area contributed by atoms with Crippen LogP contribution in [0.2, 0.25) is 0 Å². The van der Waals surface area contributed by atoms with Crippen molar-refractivity contribution in [2.75, 3.05) is 6.54 Å². The Bertz CT molecular complexity index is 954. The zero-order valence-corrected chi connectivity index (χ0v) is 21.8. The standard InChI is InChI=1S/C25H40N6O7/c1-14(2)11-20(25(37)38)31-24(36)19(13-21(28)33)30-23(35)18(12-15-6-8-16(32)9-7-15)29-22(34)17(27)5-3-4-10-26/h6-9,14,17-20,32H,3-5,10-13,26-27H2,1-2H3,(H2,28,33)(H,29,34)(H,30,35)(H,31,36)(H,37,38). The summed E-state index contributed by atoms with van der Waals surface area (Å²) in [4.78, 5) is 62.0. The Morgan fingerprint density at radius 1 is 0.868 bits per heavy atom. The molecule has 0 aliphatic carbocycles. The average Bonchev–Trinajstić information content (AvgIpc) is 2.83. The lowest BCUT2D eigenvalue weighted by Gasteiger charge is -2.25. The highest BCUT2D eigenvalue weighted by Gasteiger charge is 2.31. The van der Waals surface area contributed by atoms with Crippen molar-refractivity contribution in [3.8, 4) is 5.75 Å². The van der Waals surface area contributed by atoms with Gasteiger partial charge in [0.15, 0.2) is 0 Å². The number of hydrogen-bond donors (Lipinski definition) is 8. The van der Waals surface area contributed by atoms with Crippen molar-refractivity contribution in [2.24, 2.45) is 23.1 Å². The molecule has 11 N–H and O–H groups in total. The first-order valence-electron chi connectivity index (χ1n) is 12.5. The summed E-state index contributed by atoms with van der Waals surface area (Å²) in [5, 5.41) is 26.3. The van der Waals surface area contributed by atoms with Crippen LogP contribution in [0.1, 0.15) is 51.5 Å². The van der Waals surface area contributed by atoms with Gasteiger partial charge in [0.2, 0.25) is 23.6 Å². The first-order valence-corrected chi connectivity index (χ1v) is 12.5. The number of unbranched alkanes of at least 4 members (excludes halogenated alkanes) is 1. The monoisotopic (exact) mass is 536 g/mol. The number of phenols is 1. The Labute approximate surface area is 221 Å². The van der Waals surface area contributed by atoms with Crippen molar-refractivity contribution in [1.29, 1.82) is 0 Å². The number of phenolic OH excluding ortho intramolecular Hbond substituents is 1. The number of aromatic hydroxyl groups is 1. The van der Waals surface area contributed by atoms with E-state index in [-0.39, 0.29) is 24.5 Å². The van der Waals surface area contributed by atoms with E-state index in [1.54, 1.807) is 26.0 Å². The number of benzene rings is 1. The van der Waals surface area contributed by atoms with Crippen LogP contribution in [0, 0.1) is 5.92 Å². The maximum Gasteiger partial charge on any atom is 0.326 e. The molecule has 0 fully saturated rings. The molecule has 4 amide bonds. The molecule has 212 valence electrons. The summed E-state index contributed by atoms with van der Waals surface area (Å²) in [7, 11) is 0. The third-order valence-electron chi connectivity index (χ3n) is 5.68. The van der Waals surface area contributed by atoms with E-state index in [0.717, 1.165) is 0 Å². The number of nitrogens with two attached hydrogens (primary N) is 3. The van der Waals surface area contributed by atoms with Crippen molar-refractivity contribution in [1.82, 2.24) is 16.0 Å². The van der Waals surface area contributed by atoms with Crippen LogP contribution in [0.15, 0.2) is 24.3 Å². The first kappa shape index (κ1) is 32.3. The SMILES string of the molecule is CC(C)CC(NC(=O)C(CC(N)=O)NC(=O)C(Cc1ccc(O)cc1)NC(=O)C(N)CCCCN)C(=O)O. The fraction of sp³-hybridized carbons (Fsp3) is 0.560. The average molecular weight is 537 g/mol. The Kier molecular flexibility index (Phi) is 13.8. The highest BCUT2D eigenvalue weighted by molar-refractivity contribution is 5.96. The van der Waals surface area contributed by atoms with Crippen molar-refractivity contribution < 1.29 is 34.2 Å². The summed E-state index contributed by atoms with van der Waals surface area (Å²) < 4.78 is 0. The van der Waals surface area contributed by atoms with E-state index < -0.39 is 60.2 Å². The molecule has 0 heterocycles. The summed E-state index contributed by atoms with van der Waals surface area (Å²) >= 11 is 0. The number of carbonyl (C=O) groups excluding carboxylic acids is 4. The van der Waals surface area contributed by atoms with E-state index in [0.29, 0.717) is 31.4 Å². The number of nitrogens with one attached hydrogen (secondary N) is 3. The largest absolute Gasteiger partial charge is 0.508 e. The molecule has 0 aliphatic rings. The Balaban J connectivity index is 3.11. The third kappa shape index (κ3) is 12.0. The normalized spacial score (nSPS) is 14.1. The Hall–Kier alpha value is -3.71. The molecule has 1 rings (SSSR count). The second-order valence-electron chi connectivity index (χ2n) is 9.58. The number of carboxylic acids is 1. The molecule has 1 aromatic carbocycles. The molecule has 0 aliphatic heterocycles. The summed E-state index contributed by atoms with van der Waals surface area (Å²) in [6.45, 7) is 4.01. The second kappa shape index (κ2) is 16.2. The van der Waals surface area contributed by atoms with Gasteiger partial charge in [0.25, 0.3) is 0 Å². The van der Waals surface area contributed by atoms with Crippen LogP contribution in [0.5, 0.6) is 5.75 Å². The minimum absolute atomic E-state index is 0.00767. The fourth-order valence-corrected chi connectivity index (χ4v) is 3.64. The maximum atomic E-state index is 13.2. The van der Waals surface area contributed by atoms with Crippen LogP contribution in [0.3, 0.4) is 0 Å². The molecule has 0 radical (unpaired) electrons. The van der Waals surface area contributed by atoms with E-state index in [2.05, 4.69) is 16.0 Å². The number of amides is 4. The van der Waals surface area contributed by atoms with Crippen LogP contribution >= 0.6 is 0 Å². The number of hydrogen-bond acceptors (Lipinski definition) is 8. The molecular formula is C25H40N6O7. The van der Waals surface area contributed by atoms with Crippen molar-refractivity contribution in [3.05, 3.63) is 29.8 Å². The van der Waals surface area contributed by atoms with E-state index in [1.807, 2.05) is 0 Å². The van der Waals surface area contributed by atoms with Gasteiger partial charge in [-0.25, -0.2) is 4.79 Å². The molecule has 38 heavy (non-hydrogen) atoms. The molecule has 0 saturated carbocycles.